The van der Waals surface area contributed by atoms with Crippen molar-refractivity contribution in [3.63, 3.8) is 0 Å². The standard InChI is InChI=1S/C17H19N5O/c1-13-17(21-7-6-20-13)23-12-14-3-8-22(9-4-14)16-11-19-5-2-15(16)10-18/h2,5-7,11,14H,3-4,8-9,12H2,1H3. The number of pyridine rings is 1. The van der Waals surface area contributed by atoms with E-state index in [0.717, 1.165) is 37.3 Å². The number of aryl methyl sites for hydroxylation is 1. The predicted octanol–water partition coefficient (Wildman–Crippen LogP) is 2.35. The molecule has 0 amide bonds. The maximum Gasteiger partial charge on any atom is 0.235 e. The Morgan fingerprint density at radius 3 is 2.78 bits per heavy atom. The number of anilines is 1. The molecular formula is C17H19N5O. The molecule has 2 aromatic heterocycles. The minimum atomic E-state index is 0.495. The minimum absolute atomic E-state index is 0.495. The van der Waals surface area contributed by atoms with E-state index >= 15 is 0 Å². The maximum atomic E-state index is 9.20. The molecule has 0 aliphatic carbocycles. The molecule has 0 unspecified atom stereocenters. The van der Waals surface area contributed by atoms with Gasteiger partial charge in [0.15, 0.2) is 0 Å². The maximum absolute atomic E-state index is 9.20. The van der Waals surface area contributed by atoms with Crippen molar-refractivity contribution in [1.29, 1.82) is 5.26 Å². The van der Waals surface area contributed by atoms with E-state index < -0.39 is 0 Å². The molecule has 1 fully saturated rings. The van der Waals surface area contributed by atoms with Crippen molar-refractivity contribution in [3.05, 3.63) is 42.1 Å². The lowest BCUT2D eigenvalue weighted by Gasteiger charge is -2.33. The van der Waals surface area contributed by atoms with Crippen molar-refractivity contribution in [2.45, 2.75) is 19.8 Å². The molecule has 1 aliphatic heterocycles. The van der Waals surface area contributed by atoms with Crippen LogP contribution >= 0.6 is 0 Å². The van der Waals surface area contributed by atoms with Crippen LogP contribution in [0, 0.1) is 24.2 Å². The average Bonchev–Trinajstić information content (AvgIpc) is 2.61. The monoisotopic (exact) mass is 309 g/mol. The smallest absolute Gasteiger partial charge is 0.235 e. The van der Waals surface area contributed by atoms with E-state index in [1.807, 2.05) is 6.92 Å². The van der Waals surface area contributed by atoms with Gasteiger partial charge in [-0.3, -0.25) is 9.97 Å². The number of aromatic nitrogens is 3. The van der Waals surface area contributed by atoms with Crippen LogP contribution < -0.4 is 9.64 Å². The Labute approximate surface area is 135 Å². The molecule has 1 aliphatic rings. The summed E-state index contributed by atoms with van der Waals surface area (Å²) in [5.74, 6) is 1.11. The van der Waals surface area contributed by atoms with Gasteiger partial charge in [-0.15, -0.1) is 0 Å². The molecule has 3 rings (SSSR count). The first kappa shape index (κ1) is 15.2. The molecule has 0 spiro atoms. The van der Waals surface area contributed by atoms with E-state index in [-0.39, 0.29) is 0 Å². The number of rotatable bonds is 4. The molecular weight excluding hydrogens is 290 g/mol. The summed E-state index contributed by atoms with van der Waals surface area (Å²) in [5, 5.41) is 9.20. The Morgan fingerprint density at radius 1 is 1.26 bits per heavy atom. The second kappa shape index (κ2) is 7.05. The highest BCUT2D eigenvalue weighted by Gasteiger charge is 2.22. The quantitative estimate of drug-likeness (QED) is 0.863. The molecule has 0 N–H and O–H groups in total. The van der Waals surface area contributed by atoms with Gasteiger partial charge in [0.2, 0.25) is 5.88 Å². The van der Waals surface area contributed by atoms with E-state index in [9.17, 15) is 5.26 Å². The third-order valence-electron chi connectivity index (χ3n) is 4.17. The SMILES string of the molecule is Cc1nccnc1OCC1CCN(c2cnccc2C#N)CC1. The van der Waals surface area contributed by atoms with Gasteiger partial charge in [-0.1, -0.05) is 0 Å². The van der Waals surface area contributed by atoms with Gasteiger partial charge in [0.25, 0.3) is 0 Å². The van der Waals surface area contributed by atoms with Crippen molar-refractivity contribution in [3.8, 4) is 11.9 Å². The Hall–Kier alpha value is -2.68. The fraction of sp³-hybridized carbons (Fsp3) is 0.412. The Balaban J connectivity index is 1.55. The number of nitriles is 1. The van der Waals surface area contributed by atoms with Gasteiger partial charge in [-0.05, 0) is 31.7 Å². The lowest BCUT2D eigenvalue weighted by molar-refractivity contribution is 0.214. The highest BCUT2D eigenvalue weighted by atomic mass is 16.5. The highest BCUT2D eigenvalue weighted by Crippen LogP contribution is 2.25. The van der Waals surface area contributed by atoms with E-state index in [4.69, 9.17) is 4.74 Å². The van der Waals surface area contributed by atoms with Crippen LogP contribution in [0.4, 0.5) is 5.69 Å². The molecule has 6 nitrogen and oxygen atoms in total. The molecule has 23 heavy (non-hydrogen) atoms. The van der Waals surface area contributed by atoms with E-state index in [1.165, 1.54) is 0 Å². The van der Waals surface area contributed by atoms with Gasteiger partial charge < -0.3 is 9.64 Å². The van der Waals surface area contributed by atoms with Crippen molar-refractivity contribution in [1.82, 2.24) is 15.0 Å². The number of piperidine rings is 1. The van der Waals surface area contributed by atoms with Gasteiger partial charge in [-0.25, -0.2) is 4.98 Å². The molecule has 0 saturated carbocycles. The van der Waals surface area contributed by atoms with E-state index in [1.54, 1.807) is 30.9 Å². The van der Waals surface area contributed by atoms with Crippen LogP contribution in [0.1, 0.15) is 24.1 Å². The van der Waals surface area contributed by atoms with Crippen molar-refractivity contribution < 1.29 is 4.74 Å². The fourth-order valence-electron chi connectivity index (χ4n) is 2.81. The number of ether oxygens (including phenoxy) is 1. The van der Waals surface area contributed by atoms with E-state index in [0.29, 0.717) is 24.0 Å². The van der Waals surface area contributed by atoms with Crippen molar-refractivity contribution in [2.24, 2.45) is 5.92 Å². The summed E-state index contributed by atoms with van der Waals surface area (Å²) in [6.45, 7) is 4.38. The van der Waals surface area contributed by atoms with Crippen LogP contribution in [-0.2, 0) is 0 Å². The topological polar surface area (TPSA) is 74.9 Å². The molecule has 2 aromatic rings. The van der Waals surface area contributed by atoms with Gasteiger partial charge >= 0.3 is 0 Å². The molecule has 0 radical (unpaired) electrons. The predicted molar refractivity (Wildman–Crippen MR) is 86.2 cm³/mol. The average molecular weight is 309 g/mol. The summed E-state index contributed by atoms with van der Waals surface area (Å²) < 4.78 is 5.81. The normalized spacial score (nSPS) is 15.2. The van der Waals surface area contributed by atoms with Crippen LogP contribution in [0.2, 0.25) is 0 Å². The zero-order valence-electron chi connectivity index (χ0n) is 13.1. The first-order valence-electron chi connectivity index (χ1n) is 7.77. The molecule has 0 bridgehead atoms. The lowest BCUT2D eigenvalue weighted by atomic mass is 9.97. The molecule has 6 heteroatoms. The molecule has 118 valence electrons. The summed E-state index contributed by atoms with van der Waals surface area (Å²) in [7, 11) is 0. The number of hydrogen-bond acceptors (Lipinski definition) is 6. The summed E-state index contributed by atoms with van der Waals surface area (Å²) in [6.07, 6.45) is 8.81. The van der Waals surface area contributed by atoms with Crippen molar-refractivity contribution >= 4 is 5.69 Å². The minimum Gasteiger partial charge on any atom is -0.476 e. The van der Waals surface area contributed by atoms with Crippen LogP contribution in [0.5, 0.6) is 5.88 Å². The van der Waals surface area contributed by atoms with Crippen LogP contribution in [0.25, 0.3) is 0 Å². The lowest BCUT2D eigenvalue weighted by Crippen LogP contribution is -2.36. The first-order chi connectivity index (χ1) is 11.3. The van der Waals surface area contributed by atoms with Gasteiger partial charge in [-0.2, -0.15) is 5.26 Å². The second-order valence-corrected chi connectivity index (χ2v) is 5.69. The van der Waals surface area contributed by atoms with Crippen LogP contribution in [0.15, 0.2) is 30.9 Å². The molecule has 0 atom stereocenters. The Kier molecular flexibility index (Phi) is 4.67. The second-order valence-electron chi connectivity index (χ2n) is 5.69. The summed E-state index contributed by atoms with van der Waals surface area (Å²) >= 11 is 0. The Bertz CT molecular complexity index is 704. The van der Waals surface area contributed by atoms with Crippen molar-refractivity contribution in [2.75, 3.05) is 24.6 Å². The Morgan fingerprint density at radius 2 is 2.04 bits per heavy atom. The van der Waals surface area contributed by atoms with Crippen LogP contribution in [0.3, 0.4) is 0 Å². The summed E-state index contributed by atoms with van der Waals surface area (Å²) in [6, 6.07) is 4.00. The molecule has 3 heterocycles. The van der Waals surface area contributed by atoms with Gasteiger partial charge in [0.05, 0.1) is 29.7 Å². The zero-order chi connectivity index (χ0) is 16.1. The zero-order valence-corrected chi connectivity index (χ0v) is 13.1. The van der Waals surface area contributed by atoms with Crippen LogP contribution in [-0.4, -0.2) is 34.6 Å². The third kappa shape index (κ3) is 3.57. The number of nitrogens with zero attached hydrogens (tertiary/aromatic N) is 5. The first-order valence-corrected chi connectivity index (χ1v) is 7.77. The number of hydrogen-bond donors (Lipinski definition) is 0. The van der Waals surface area contributed by atoms with Gasteiger partial charge in [0.1, 0.15) is 6.07 Å². The van der Waals surface area contributed by atoms with E-state index in [2.05, 4.69) is 25.9 Å². The molecule has 0 aromatic carbocycles. The molecule has 1 saturated heterocycles. The summed E-state index contributed by atoms with van der Waals surface area (Å²) in [5.41, 5.74) is 2.43. The largest absolute Gasteiger partial charge is 0.476 e. The van der Waals surface area contributed by atoms with Gasteiger partial charge in [0, 0.05) is 31.7 Å². The third-order valence-corrected chi connectivity index (χ3v) is 4.17. The highest BCUT2D eigenvalue weighted by molar-refractivity contribution is 5.57. The fourth-order valence-corrected chi connectivity index (χ4v) is 2.81. The summed E-state index contributed by atoms with van der Waals surface area (Å²) in [4.78, 5) is 14.8.